The molecular weight excluding hydrogens is 444 g/mol. The highest BCUT2D eigenvalue weighted by Crippen LogP contribution is 2.34. The van der Waals surface area contributed by atoms with Gasteiger partial charge < -0.3 is 14.6 Å². The molecule has 2 heterocycles. The number of anilines is 2. The molecule has 8 nitrogen and oxygen atoms in total. The lowest BCUT2D eigenvalue weighted by Crippen LogP contribution is -2.20. The zero-order valence-electron chi connectivity index (χ0n) is 19.9. The number of nitrogens with one attached hydrogen (secondary N) is 1. The standard InChI is InChI=1S/C27H26N4O4/c1-16-13-17(2)25-22(14-16)29-27(35-25)20-7-6-8-21(18(20)3)28-26(32)19-9-10-23(24(15-19)31(33)34)30-11-4-5-12-30/h6-10,13-15H,4-5,11-12H2,1-3H3,(H,28,32). The second-order valence-corrected chi connectivity index (χ2v) is 9.04. The number of aryl methyl sites for hydroxylation is 2. The summed E-state index contributed by atoms with van der Waals surface area (Å²) >= 11 is 0. The van der Waals surface area contributed by atoms with Crippen LogP contribution in [-0.2, 0) is 0 Å². The quantitative estimate of drug-likeness (QED) is 0.276. The molecule has 0 radical (unpaired) electrons. The third kappa shape index (κ3) is 4.23. The van der Waals surface area contributed by atoms with E-state index in [1.807, 2.05) is 43.9 Å². The molecule has 0 bridgehead atoms. The molecule has 178 valence electrons. The predicted octanol–water partition coefficient (Wildman–Crippen LogP) is 6.18. The fourth-order valence-corrected chi connectivity index (χ4v) is 4.73. The first-order chi connectivity index (χ1) is 16.8. The maximum absolute atomic E-state index is 13.1. The van der Waals surface area contributed by atoms with Crippen LogP contribution < -0.4 is 10.2 Å². The van der Waals surface area contributed by atoms with Crippen LogP contribution in [-0.4, -0.2) is 28.9 Å². The van der Waals surface area contributed by atoms with Crippen molar-refractivity contribution in [1.29, 1.82) is 0 Å². The number of hydrogen-bond acceptors (Lipinski definition) is 6. The van der Waals surface area contributed by atoms with E-state index in [-0.39, 0.29) is 11.3 Å². The van der Waals surface area contributed by atoms with Crippen molar-refractivity contribution in [2.45, 2.75) is 33.6 Å². The van der Waals surface area contributed by atoms with Crippen LogP contribution in [0.3, 0.4) is 0 Å². The number of carbonyl (C=O) groups is 1. The van der Waals surface area contributed by atoms with Crippen molar-refractivity contribution < 1.29 is 14.1 Å². The Morgan fingerprint density at radius 3 is 2.60 bits per heavy atom. The predicted molar refractivity (Wildman–Crippen MR) is 136 cm³/mol. The van der Waals surface area contributed by atoms with Crippen LogP contribution in [0.15, 0.2) is 52.9 Å². The Hall–Kier alpha value is -4.20. The lowest BCUT2D eigenvalue weighted by atomic mass is 10.1. The van der Waals surface area contributed by atoms with Crippen LogP contribution in [0, 0.1) is 30.9 Å². The Morgan fingerprint density at radius 2 is 1.86 bits per heavy atom. The summed E-state index contributed by atoms with van der Waals surface area (Å²) in [6, 6.07) is 14.2. The Balaban J connectivity index is 1.45. The summed E-state index contributed by atoms with van der Waals surface area (Å²) in [4.78, 5) is 31.0. The number of amides is 1. The van der Waals surface area contributed by atoms with E-state index in [0.29, 0.717) is 17.3 Å². The minimum absolute atomic E-state index is 0.0536. The summed E-state index contributed by atoms with van der Waals surface area (Å²) in [5, 5.41) is 14.6. The van der Waals surface area contributed by atoms with Crippen LogP contribution in [0.25, 0.3) is 22.6 Å². The van der Waals surface area contributed by atoms with E-state index in [0.717, 1.165) is 59.3 Å². The van der Waals surface area contributed by atoms with E-state index in [9.17, 15) is 14.9 Å². The molecule has 4 aromatic rings. The fourth-order valence-electron chi connectivity index (χ4n) is 4.73. The van der Waals surface area contributed by atoms with Gasteiger partial charge in [-0.2, -0.15) is 0 Å². The van der Waals surface area contributed by atoms with Crippen molar-refractivity contribution in [3.63, 3.8) is 0 Å². The topological polar surface area (TPSA) is 102 Å². The smallest absolute Gasteiger partial charge is 0.293 e. The molecular formula is C27H26N4O4. The number of aromatic nitrogens is 1. The zero-order chi connectivity index (χ0) is 24.7. The summed E-state index contributed by atoms with van der Waals surface area (Å²) in [5.74, 6) is 0.0678. The number of hydrogen-bond donors (Lipinski definition) is 1. The maximum atomic E-state index is 13.1. The van der Waals surface area contributed by atoms with Gasteiger partial charge in [0.05, 0.1) is 4.92 Å². The minimum Gasteiger partial charge on any atom is -0.436 e. The monoisotopic (exact) mass is 470 g/mol. The van der Waals surface area contributed by atoms with Gasteiger partial charge in [-0.1, -0.05) is 12.1 Å². The molecule has 1 aliphatic rings. The number of oxazole rings is 1. The first-order valence-electron chi connectivity index (χ1n) is 11.6. The Kier molecular flexibility index (Phi) is 5.72. The van der Waals surface area contributed by atoms with Crippen molar-refractivity contribution in [1.82, 2.24) is 4.98 Å². The molecule has 1 amide bonds. The summed E-state index contributed by atoms with van der Waals surface area (Å²) in [6.07, 6.45) is 2.02. The largest absolute Gasteiger partial charge is 0.436 e. The van der Waals surface area contributed by atoms with E-state index in [1.54, 1.807) is 18.2 Å². The van der Waals surface area contributed by atoms with Gasteiger partial charge in [0.15, 0.2) is 5.58 Å². The van der Waals surface area contributed by atoms with Crippen LogP contribution in [0.5, 0.6) is 0 Å². The number of nitrogens with zero attached hydrogens (tertiary/aromatic N) is 3. The molecule has 1 N–H and O–H groups in total. The molecule has 1 aliphatic heterocycles. The molecule has 0 aliphatic carbocycles. The van der Waals surface area contributed by atoms with E-state index in [1.165, 1.54) is 6.07 Å². The highest BCUT2D eigenvalue weighted by molar-refractivity contribution is 6.06. The number of fused-ring (bicyclic) bond motifs is 1. The summed E-state index contributed by atoms with van der Waals surface area (Å²) in [6.45, 7) is 7.46. The van der Waals surface area contributed by atoms with Gasteiger partial charge in [-0.15, -0.1) is 0 Å². The molecule has 3 aromatic carbocycles. The molecule has 0 saturated carbocycles. The van der Waals surface area contributed by atoms with Crippen LogP contribution in [0.4, 0.5) is 17.1 Å². The third-order valence-electron chi connectivity index (χ3n) is 6.51. The third-order valence-corrected chi connectivity index (χ3v) is 6.51. The van der Waals surface area contributed by atoms with Crippen LogP contribution in [0.1, 0.15) is 39.9 Å². The first kappa shape index (κ1) is 22.6. The van der Waals surface area contributed by atoms with Crippen LogP contribution in [0.2, 0.25) is 0 Å². The maximum Gasteiger partial charge on any atom is 0.293 e. The van der Waals surface area contributed by atoms with Crippen LogP contribution >= 0.6 is 0 Å². The summed E-state index contributed by atoms with van der Waals surface area (Å²) in [7, 11) is 0. The average Bonchev–Trinajstić information content (AvgIpc) is 3.50. The number of rotatable bonds is 5. The molecule has 8 heteroatoms. The number of benzene rings is 3. The first-order valence-corrected chi connectivity index (χ1v) is 11.6. The average molecular weight is 471 g/mol. The number of nitro benzene ring substituents is 1. The minimum atomic E-state index is -0.423. The van der Waals surface area contributed by atoms with Crippen molar-refractivity contribution in [3.8, 4) is 11.5 Å². The molecule has 5 rings (SSSR count). The van der Waals surface area contributed by atoms with Crippen molar-refractivity contribution in [2.24, 2.45) is 0 Å². The molecule has 0 unspecified atom stereocenters. The Bertz CT molecular complexity index is 1470. The zero-order valence-corrected chi connectivity index (χ0v) is 19.9. The van der Waals surface area contributed by atoms with Gasteiger partial charge in [-0.05, 0) is 80.6 Å². The van der Waals surface area contributed by atoms with E-state index >= 15 is 0 Å². The SMILES string of the molecule is Cc1cc(C)c2oc(-c3cccc(NC(=O)c4ccc(N5CCCC5)c([N+](=O)[O-])c4)c3C)nc2c1. The fraction of sp³-hybridized carbons (Fsp3) is 0.259. The van der Waals surface area contributed by atoms with Gasteiger partial charge in [0.1, 0.15) is 11.2 Å². The highest BCUT2D eigenvalue weighted by atomic mass is 16.6. The Labute approximate surface area is 202 Å². The normalized spacial score (nSPS) is 13.4. The van der Waals surface area contributed by atoms with E-state index in [4.69, 9.17) is 4.42 Å². The number of carbonyl (C=O) groups excluding carboxylic acids is 1. The van der Waals surface area contributed by atoms with Crippen molar-refractivity contribution in [3.05, 3.63) is 80.9 Å². The molecule has 0 atom stereocenters. The number of nitro groups is 1. The van der Waals surface area contributed by atoms with Gasteiger partial charge in [0.2, 0.25) is 5.89 Å². The van der Waals surface area contributed by atoms with Crippen molar-refractivity contribution in [2.75, 3.05) is 23.3 Å². The Morgan fingerprint density at radius 1 is 1.09 bits per heavy atom. The second-order valence-electron chi connectivity index (χ2n) is 9.04. The van der Waals surface area contributed by atoms with Gasteiger partial charge in [-0.25, -0.2) is 4.98 Å². The molecule has 0 spiro atoms. The highest BCUT2D eigenvalue weighted by Gasteiger charge is 2.24. The van der Waals surface area contributed by atoms with Gasteiger partial charge in [0, 0.05) is 36.0 Å². The second kappa shape index (κ2) is 8.87. The molecule has 1 saturated heterocycles. The molecule has 1 fully saturated rings. The van der Waals surface area contributed by atoms with Gasteiger partial charge in [0.25, 0.3) is 11.6 Å². The molecule has 1 aromatic heterocycles. The van der Waals surface area contributed by atoms with E-state index < -0.39 is 10.8 Å². The van der Waals surface area contributed by atoms with Gasteiger partial charge >= 0.3 is 0 Å². The van der Waals surface area contributed by atoms with Crippen molar-refractivity contribution >= 4 is 34.1 Å². The summed E-state index contributed by atoms with van der Waals surface area (Å²) in [5.41, 5.74) is 6.55. The lowest BCUT2D eigenvalue weighted by Gasteiger charge is -2.18. The molecule has 35 heavy (non-hydrogen) atoms. The van der Waals surface area contributed by atoms with E-state index in [2.05, 4.69) is 16.4 Å². The lowest BCUT2D eigenvalue weighted by molar-refractivity contribution is -0.384. The summed E-state index contributed by atoms with van der Waals surface area (Å²) < 4.78 is 6.07. The van der Waals surface area contributed by atoms with Gasteiger partial charge in [-0.3, -0.25) is 14.9 Å².